The summed E-state index contributed by atoms with van der Waals surface area (Å²) in [6.07, 6.45) is 6.42. The molecule has 3 N–H and O–H groups in total. The summed E-state index contributed by atoms with van der Waals surface area (Å²) in [6, 6.07) is 1.64. The second-order valence-corrected chi connectivity index (χ2v) is 5.56. The number of carbonyl (C=O) groups excluding carboxylic acids is 2. The fourth-order valence-corrected chi connectivity index (χ4v) is 2.15. The van der Waals surface area contributed by atoms with Crippen LogP contribution >= 0.6 is 12.2 Å². The first-order chi connectivity index (χ1) is 11.9. The highest BCUT2D eigenvalue weighted by Crippen LogP contribution is 2.01. The number of aromatic nitrogens is 4. The second-order valence-electron chi connectivity index (χ2n) is 5.15. The molecule has 25 heavy (non-hydrogen) atoms. The zero-order valence-electron chi connectivity index (χ0n) is 14.1. The topological polar surface area (TPSA) is 106 Å². The molecule has 0 radical (unpaired) electrons. The molecule has 0 unspecified atom stereocenters. The first-order valence-electron chi connectivity index (χ1n) is 7.51. The molecule has 0 fully saturated rings. The van der Waals surface area contributed by atoms with E-state index in [2.05, 4.69) is 26.4 Å². The molecule has 2 rings (SSSR count). The van der Waals surface area contributed by atoms with Crippen molar-refractivity contribution in [2.24, 2.45) is 7.05 Å². The van der Waals surface area contributed by atoms with Crippen molar-refractivity contribution in [3.63, 3.8) is 0 Å². The lowest BCUT2D eigenvalue weighted by Crippen LogP contribution is -2.48. The molecule has 10 heteroatoms. The van der Waals surface area contributed by atoms with Crippen LogP contribution < -0.4 is 16.2 Å². The van der Waals surface area contributed by atoms with Crippen molar-refractivity contribution >= 4 is 35.2 Å². The van der Waals surface area contributed by atoms with Gasteiger partial charge in [0.1, 0.15) is 5.69 Å². The largest absolute Gasteiger partial charge is 0.298 e. The van der Waals surface area contributed by atoms with E-state index in [9.17, 15) is 9.59 Å². The summed E-state index contributed by atoms with van der Waals surface area (Å²) in [5.74, 6) is -0.838. The average molecular weight is 361 g/mol. The molecular formula is C15H19N7O2S. The summed E-state index contributed by atoms with van der Waals surface area (Å²) in [4.78, 5) is 23.8. The van der Waals surface area contributed by atoms with Gasteiger partial charge in [-0.05, 0) is 38.2 Å². The first-order valence-corrected chi connectivity index (χ1v) is 7.92. The Morgan fingerprint density at radius 3 is 2.72 bits per heavy atom. The van der Waals surface area contributed by atoms with Crippen LogP contribution in [0.15, 0.2) is 24.5 Å². The van der Waals surface area contributed by atoms with Crippen LogP contribution in [0.25, 0.3) is 6.08 Å². The maximum atomic E-state index is 12.0. The van der Waals surface area contributed by atoms with Gasteiger partial charge in [-0.1, -0.05) is 0 Å². The van der Waals surface area contributed by atoms with Crippen molar-refractivity contribution in [2.45, 2.75) is 20.4 Å². The number of hydrogen-bond donors (Lipinski definition) is 3. The molecule has 0 aliphatic rings. The van der Waals surface area contributed by atoms with E-state index in [0.29, 0.717) is 5.69 Å². The number of aryl methyl sites for hydroxylation is 3. The van der Waals surface area contributed by atoms with E-state index in [1.165, 1.54) is 10.8 Å². The molecule has 0 saturated heterocycles. The third-order valence-electron chi connectivity index (χ3n) is 3.17. The van der Waals surface area contributed by atoms with E-state index in [1.807, 2.05) is 13.1 Å². The van der Waals surface area contributed by atoms with Gasteiger partial charge in [0.15, 0.2) is 5.11 Å². The van der Waals surface area contributed by atoms with Crippen LogP contribution in [0.5, 0.6) is 0 Å². The number of nitrogens with one attached hydrogen (secondary N) is 3. The minimum atomic E-state index is -0.424. The Morgan fingerprint density at radius 2 is 2.12 bits per heavy atom. The van der Waals surface area contributed by atoms with Gasteiger partial charge >= 0.3 is 0 Å². The lowest BCUT2D eigenvalue weighted by atomic mass is 10.3. The number of amides is 2. The lowest BCUT2D eigenvalue weighted by Gasteiger charge is -2.09. The molecule has 132 valence electrons. The standard InChI is InChI=1S/C15H19N7O2S/c1-4-22-9-11(8-16-22)5-6-13(23)17-15(25)19-18-14(24)12-7-10(2)20-21(12)3/h5-9H,4H2,1-3H3,(H,18,24)(H2,17,19,23,25). The van der Waals surface area contributed by atoms with Gasteiger partial charge in [0.05, 0.1) is 11.9 Å². The molecule has 0 spiro atoms. The van der Waals surface area contributed by atoms with Gasteiger partial charge in [-0.15, -0.1) is 0 Å². The molecule has 0 bridgehead atoms. The SMILES string of the molecule is CCn1cc(C=CC(=O)NC(=S)NNC(=O)c2cc(C)nn2C)cn1. The van der Waals surface area contributed by atoms with Gasteiger partial charge in [-0.3, -0.25) is 35.1 Å². The summed E-state index contributed by atoms with van der Waals surface area (Å²) < 4.78 is 3.20. The maximum Gasteiger partial charge on any atom is 0.287 e. The van der Waals surface area contributed by atoms with Crippen LogP contribution in [-0.2, 0) is 18.4 Å². The van der Waals surface area contributed by atoms with Gasteiger partial charge in [-0.25, -0.2) is 0 Å². The molecule has 2 aromatic heterocycles. The van der Waals surface area contributed by atoms with Crippen LogP contribution in [0.2, 0.25) is 0 Å². The smallest absolute Gasteiger partial charge is 0.287 e. The molecule has 0 aliphatic carbocycles. The van der Waals surface area contributed by atoms with Crippen LogP contribution in [0.3, 0.4) is 0 Å². The third-order valence-corrected chi connectivity index (χ3v) is 3.37. The molecule has 2 heterocycles. The maximum absolute atomic E-state index is 12.0. The Morgan fingerprint density at radius 1 is 1.36 bits per heavy atom. The van der Waals surface area contributed by atoms with Crippen LogP contribution in [-0.4, -0.2) is 36.5 Å². The summed E-state index contributed by atoms with van der Waals surface area (Å²) >= 11 is 4.96. The van der Waals surface area contributed by atoms with Gasteiger partial charge in [0.2, 0.25) is 5.91 Å². The van der Waals surface area contributed by atoms with E-state index in [0.717, 1.165) is 17.8 Å². The highest BCUT2D eigenvalue weighted by atomic mass is 32.1. The number of hydrazine groups is 1. The molecule has 0 aliphatic heterocycles. The average Bonchev–Trinajstić information content (AvgIpc) is 3.16. The van der Waals surface area contributed by atoms with Crippen LogP contribution in [0, 0.1) is 6.92 Å². The molecule has 0 atom stereocenters. The summed E-state index contributed by atoms with van der Waals surface area (Å²) in [5.41, 5.74) is 6.76. The zero-order chi connectivity index (χ0) is 18.4. The van der Waals surface area contributed by atoms with Crippen molar-refractivity contribution < 1.29 is 9.59 Å². The Balaban J connectivity index is 1.80. The quantitative estimate of drug-likeness (QED) is 0.411. The number of nitrogens with zero attached hydrogens (tertiary/aromatic N) is 4. The van der Waals surface area contributed by atoms with Crippen molar-refractivity contribution in [2.75, 3.05) is 0 Å². The molecule has 2 aromatic rings. The number of carbonyl (C=O) groups is 2. The Bertz CT molecular complexity index is 822. The van der Waals surface area contributed by atoms with E-state index < -0.39 is 11.8 Å². The third kappa shape index (κ3) is 5.24. The molecule has 0 saturated carbocycles. The second kappa shape index (κ2) is 8.20. The van der Waals surface area contributed by atoms with Crippen LogP contribution in [0.4, 0.5) is 0 Å². The minimum absolute atomic E-state index is 0.0221. The number of rotatable bonds is 4. The van der Waals surface area contributed by atoms with Gasteiger partial charge in [-0.2, -0.15) is 10.2 Å². The monoisotopic (exact) mass is 361 g/mol. The number of thiocarbonyl (C=S) groups is 1. The molecule has 0 aromatic carbocycles. The zero-order valence-corrected chi connectivity index (χ0v) is 14.9. The van der Waals surface area contributed by atoms with Crippen molar-refractivity contribution in [1.29, 1.82) is 0 Å². The van der Waals surface area contributed by atoms with Gasteiger partial charge in [0.25, 0.3) is 5.91 Å². The summed E-state index contributed by atoms with van der Waals surface area (Å²) in [6.45, 7) is 4.51. The Hall–Kier alpha value is -3.01. The van der Waals surface area contributed by atoms with E-state index in [1.54, 1.807) is 37.0 Å². The molecule has 9 nitrogen and oxygen atoms in total. The van der Waals surface area contributed by atoms with E-state index in [4.69, 9.17) is 12.2 Å². The predicted octanol–water partition coefficient (Wildman–Crippen LogP) is 0.294. The van der Waals surface area contributed by atoms with Crippen LogP contribution in [0.1, 0.15) is 28.7 Å². The minimum Gasteiger partial charge on any atom is -0.298 e. The Kier molecular flexibility index (Phi) is 6.01. The lowest BCUT2D eigenvalue weighted by molar-refractivity contribution is -0.115. The van der Waals surface area contributed by atoms with Crippen molar-refractivity contribution in [1.82, 2.24) is 35.7 Å². The van der Waals surface area contributed by atoms with Gasteiger partial charge in [0, 0.05) is 31.4 Å². The fraction of sp³-hybridized carbons (Fsp3) is 0.267. The normalized spacial score (nSPS) is 10.7. The molecular weight excluding hydrogens is 342 g/mol. The summed E-state index contributed by atoms with van der Waals surface area (Å²) in [7, 11) is 1.66. The Labute approximate surface area is 150 Å². The highest BCUT2D eigenvalue weighted by molar-refractivity contribution is 7.80. The predicted molar refractivity (Wildman–Crippen MR) is 96.2 cm³/mol. The first kappa shape index (κ1) is 18.3. The summed E-state index contributed by atoms with van der Waals surface area (Å²) in [5, 5.41) is 10.6. The van der Waals surface area contributed by atoms with Crippen molar-refractivity contribution in [3.05, 3.63) is 41.5 Å². The van der Waals surface area contributed by atoms with E-state index in [-0.39, 0.29) is 5.11 Å². The highest BCUT2D eigenvalue weighted by Gasteiger charge is 2.12. The number of hydrogen-bond acceptors (Lipinski definition) is 5. The molecule has 2 amide bonds. The van der Waals surface area contributed by atoms with Gasteiger partial charge < -0.3 is 0 Å². The fourth-order valence-electron chi connectivity index (χ4n) is 2.00. The van der Waals surface area contributed by atoms with Crippen molar-refractivity contribution in [3.8, 4) is 0 Å². The van der Waals surface area contributed by atoms with E-state index >= 15 is 0 Å².